The molecule has 0 unspecified atom stereocenters. The molecule has 5 heteroatoms. The highest BCUT2D eigenvalue weighted by atomic mass is 79.9. The van der Waals surface area contributed by atoms with E-state index in [4.69, 9.17) is 0 Å². The lowest BCUT2D eigenvalue weighted by atomic mass is 9.98. The van der Waals surface area contributed by atoms with Gasteiger partial charge in [-0.3, -0.25) is 4.90 Å². The zero-order valence-electron chi connectivity index (χ0n) is 11.9. The number of hydrogen-bond donors (Lipinski definition) is 1. The molecule has 0 bridgehead atoms. The number of hydrogen-bond acceptors (Lipinski definition) is 2. The molecule has 2 nitrogen and oxygen atoms in total. The molecule has 0 aliphatic carbocycles. The van der Waals surface area contributed by atoms with Crippen LogP contribution in [0.3, 0.4) is 0 Å². The summed E-state index contributed by atoms with van der Waals surface area (Å²) in [4.78, 5) is 2.48. The lowest BCUT2D eigenvalue weighted by Gasteiger charge is -2.35. The van der Waals surface area contributed by atoms with Gasteiger partial charge in [-0.15, -0.1) is 12.4 Å². The van der Waals surface area contributed by atoms with Crippen LogP contribution in [0.1, 0.15) is 37.8 Å². The number of nitrogens with one attached hydrogen (secondary N) is 1. The maximum Gasteiger partial charge on any atom is 0.123 e. The lowest BCUT2D eigenvalue weighted by Crippen LogP contribution is -2.45. The summed E-state index contributed by atoms with van der Waals surface area (Å²) >= 11 is 3.58. The number of unbranched alkanes of at least 4 members (excludes halogenated alkanes) is 1. The van der Waals surface area contributed by atoms with Crippen LogP contribution in [0.15, 0.2) is 22.7 Å². The van der Waals surface area contributed by atoms with Crippen LogP contribution in [-0.4, -0.2) is 31.1 Å². The Morgan fingerprint density at radius 3 is 2.70 bits per heavy atom. The van der Waals surface area contributed by atoms with E-state index in [0.29, 0.717) is 6.04 Å². The van der Waals surface area contributed by atoms with Crippen molar-refractivity contribution < 1.29 is 4.39 Å². The molecule has 20 heavy (non-hydrogen) atoms. The Morgan fingerprint density at radius 1 is 1.35 bits per heavy atom. The first kappa shape index (κ1) is 17.9. The lowest BCUT2D eigenvalue weighted by molar-refractivity contribution is 0.162. The summed E-state index contributed by atoms with van der Waals surface area (Å²) in [6.07, 6.45) is 3.45. The fourth-order valence-corrected chi connectivity index (χ4v) is 3.21. The normalized spacial score (nSPS) is 17.6. The maximum absolute atomic E-state index is 13.5. The van der Waals surface area contributed by atoms with Gasteiger partial charge in [-0.2, -0.15) is 0 Å². The van der Waals surface area contributed by atoms with Crippen LogP contribution in [-0.2, 0) is 0 Å². The van der Waals surface area contributed by atoms with E-state index in [9.17, 15) is 4.39 Å². The molecule has 1 N–H and O–H groups in total. The van der Waals surface area contributed by atoms with Crippen LogP contribution >= 0.6 is 28.3 Å². The average molecular weight is 366 g/mol. The van der Waals surface area contributed by atoms with E-state index >= 15 is 0 Å². The summed E-state index contributed by atoms with van der Waals surface area (Å²) in [7, 11) is 0. The zero-order chi connectivity index (χ0) is 13.7. The predicted octanol–water partition coefficient (Wildman–Crippen LogP) is 4.15. The van der Waals surface area contributed by atoms with Gasteiger partial charge in [0.05, 0.1) is 0 Å². The highest BCUT2D eigenvalue weighted by molar-refractivity contribution is 9.10. The number of rotatable bonds is 5. The van der Waals surface area contributed by atoms with E-state index in [0.717, 1.165) is 42.6 Å². The first-order valence-corrected chi connectivity index (χ1v) is 7.91. The van der Waals surface area contributed by atoms with E-state index in [1.807, 2.05) is 6.07 Å². The van der Waals surface area contributed by atoms with Crippen LogP contribution in [0.2, 0.25) is 0 Å². The molecular formula is C15H23BrClFN2. The molecule has 1 saturated heterocycles. The van der Waals surface area contributed by atoms with Crippen LogP contribution in [0, 0.1) is 5.82 Å². The smallest absolute Gasteiger partial charge is 0.123 e. The molecule has 1 fully saturated rings. The monoisotopic (exact) mass is 364 g/mol. The Balaban J connectivity index is 0.00000200. The van der Waals surface area contributed by atoms with Gasteiger partial charge in [-0.05, 0) is 30.2 Å². The van der Waals surface area contributed by atoms with Crippen molar-refractivity contribution in [3.8, 4) is 0 Å². The Bertz CT molecular complexity index is 411. The minimum atomic E-state index is -0.144. The van der Waals surface area contributed by atoms with Crippen molar-refractivity contribution in [1.29, 1.82) is 0 Å². The second-order valence-corrected chi connectivity index (χ2v) is 5.96. The van der Waals surface area contributed by atoms with Crippen molar-refractivity contribution >= 4 is 28.3 Å². The molecule has 0 saturated carbocycles. The van der Waals surface area contributed by atoms with Crippen molar-refractivity contribution in [3.63, 3.8) is 0 Å². The SMILES string of the molecule is CCCC[C@H](c1cc(F)ccc1Br)N1CCNCC1.Cl. The third kappa shape index (κ3) is 4.69. The number of halogens is 3. The molecule has 1 aliphatic rings. The highest BCUT2D eigenvalue weighted by Gasteiger charge is 2.23. The van der Waals surface area contributed by atoms with Crippen LogP contribution in [0.4, 0.5) is 4.39 Å². The van der Waals surface area contributed by atoms with Crippen molar-refractivity contribution in [2.45, 2.75) is 32.2 Å². The van der Waals surface area contributed by atoms with Gasteiger partial charge >= 0.3 is 0 Å². The van der Waals surface area contributed by atoms with E-state index < -0.39 is 0 Å². The summed E-state index contributed by atoms with van der Waals surface area (Å²) in [5.41, 5.74) is 1.09. The summed E-state index contributed by atoms with van der Waals surface area (Å²) in [6, 6.07) is 5.35. The van der Waals surface area contributed by atoms with Gasteiger partial charge in [0.15, 0.2) is 0 Å². The van der Waals surface area contributed by atoms with Gasteiger partial charge in [0.25, 0.3) is 0 Å². The van der Waals surface area contributed by atoms with Crippen LogP contribution < -0.4 is 5.32 Å². The summed E-state index contributed by atoms with van der Waals surface area (Å²) in [6.45, 7) is 6.33. The maximum atomic E-state index is 13.5. The minimum absolute atomic E-state index is 0. The Hall–Kier alpha value is -0.160. The Labute approximate surface area is 135 Å². The van der Waals surface area contributed by atoms with E-state index in [1.54, 1.807) is 6.07 Å². The molecule has 1 atom stereocenters. The first-order valence-electron chi connectivity index (χ1n) is 7.12. The molecular weight excluding hydrogens is 343 g/mol. The molecule has 1 heterocycles. The molecule has 1 aromatic rings. The second kappa shape index (κ2) is 8.98. The predicted molar refractivity (Wildman–Crippen MR) is 88.1 cm³/mol. The van der Waals surface area contributed by atoms with Gasteiger partial charge in [-0.25, -0.2) is 4.39 Å². The molecule has 1 aromatic carbocycles. The zero-order valence-corrected chi connectivity index (χ0v) is 14.3. The van der Waals surface area contributed by atoms with Crippen LogP contribution in [0.5, 0.6) is 0 Å². The number of piperazine rings is 1. The van der Waals surface area contributed by atoms with Gasteiger partial charge in [0, 0.05) is 36.7 Å². The van der Waals surface area contributed by atoms with Crippen molar-refractivity contribution in [2.24, 2.45) is 0 Å². The molecule has 0 aromatic heterocycles. The van der Waals surface area contributed by atoms with Gasteiger partial charge < -0.3 is 5.32 Å². The quantitative estimate of drug-likeness (QED) is 0.843. The molecule has 2 rings (SSSR count). The number of benzene rings is 1. The standard InChI is InChI=1S/C15H22BrFN2.ClH/c1-2-3-4-15(19-9-7-18-8-10-19)13-11-12(17)5-6-14(13)16;/h5-6,11,15,18H,2-4,7-10H2,1H3;1H/t15-;/m1./s1. The Kier molecular flexibility index (Phi) is 8.03. The summed E-state index contributed by atoms with van der Waals surface area (Å²) < 4.78 is 14.6. The molecule has 0 radical (unpaired) electrons. The number of nitrogens with zero attached hydrogens (tertiary/aromatic N) is 1. The summed E-state index contributed by atoms with van der Waals surface area (Å²) in [5.74, 6) is -0.144. The fraction of sp³-hybridized carbons (Fsp3) is 0.600. The van der Waals surface area contributed by atoms with Gasteiger partial charge in [0.2, 0.25) is 0 Å². The van der Waals surface area contributed by atoms with E-state index in [-0.39, 0.29) is 18.2 Å². The third-order valence-electron chi connectivity index (χ3n) is 3.74. The van der Waals surface area contributed by atoms with Gasteiger partial charge in [0.1, 0.15) is 5.82 Å². The van der Waals surface area contributed by atoms with Crippen molar-refractivity contribution in [2.75, 3.05) is 26.2 Å². The molecule has 1 aliphatic heterocycles. The largest absolute Gasteiger partial charge is 0.314 e. The first-order chi connectivity index (χ1) is 9.22. The third-order valence-corrected chi connectivity index (χ3v) is 4.46. The second-order valence-electron chi connectivity index (χ2n) is 5.11. The average Bonchev–Trinajstić information content (AvgIpc) is 2.44. The van der Waals surface area contributed by atoms with Crippen molar-refractivity contribution in [3.05, 3.63) is 34.1 Å². The topological polar surface area (TPSA) is 15.3 Å². The molecule has 0 amide bonds. The van der Waals surface area contributed by atoms with Crippen molar-refractivity contribution in [1.82, 2.24) is 10.2 Å². The highest BCUT2D eigenvalue weighted by Crippen LogP contribution is 2.32. The fourth-order valence-electron chi connectivity index (χ4n) is 2.70. The molecule has 0 spiro atoms. The minimum Gasteiger partial charge on any atom is -0.314 e. The molecule has 114 valence electrons. The van der Waals surface area contributed by atoms with E-state index in [2.05, 4.69) is 33.1 Å². The summed E-state index contributed by atoms with van der Waals surface area (Å²) in [5, 5.41) is 3.38. The van der Waals surface area contributed by atoms with Crippen LogP contribution in [0.25, 0.3) is 0 Å². The van der Waals surface area contributed by atoms with E-state index in [1.165, 1.54) is 18.9 Å². The van der Waals surface area contributed by atoms with Gasteiger partial charge in [-0.1, -0.05) is 35.7 Å². The Morgan fingerprint density at radius 2 is 2.05 bits per heavy atom.